The second kappa shape index (κ2) is 6.13. The normalized spacial score (nSPS) is 12.2. The molecule has 0 radical (unpaired) electrons. The molecule has 1 aromatic heterocycles. The summed E-state index contributed by atoms with van der Waals surface area (Å²) in [5.41, 5.74) is 0. The number of hydrogen-bond acceptors (Lipinski definition) is 3. The first-order chi connectivity index (χ1) is 5.75. The molecule has 0 aliphatic carbocycles. The van der Waals surface area contributed by atoms with Crippen LogP contribution in [0.1, 0.15) is 17.3 Å². The van der Waals surface area contributed by atoms with Crippen LogP contribution in [-0.4, -0.2) is 25.3 Å². The van der Waals surface area contributed by atoms with Crippen molar-refractivity contribution in [2.45, 2.75) is 12.5 Å². The van der Waals surface area contributed by atoms with Crippen LogP contribution in [0.2, 0.25) is 0 Å². The lowest BCUT2D eigenvalue weighted by molar-refractivity contribution is -0.108. The van der Waals surface area contributed by atoms with E-state index in [2.05, 4.69) is 11.0 Å². The quantitative estimate of drug-likeness (QED) is 0.725. The zero-order chi connectivity index (χ0) is 8.97. The molecule has 0 saturated carbocycles. The third kappa shape index (κ3) is 3.46. The molecule has 0 fully saturated rings. The van der Waals surface area contributed by atoms with Gasteiger partial charge >= 0.3 is 0 Å². The molecule has 0 saturated heterocycles. The van der Waals surface area contributed by atoms with E-state index >= 15 is 0 Å². The highest BCUT2D eigenvalue weighted by Gasteiger charge is 2.13. The Balaban J connectivity index is 0.00000144. The van der Waals surface area contributed by atoms with Crippen LogP contribution < -0.4 is 0 Å². The zero-order valence-electron chi connectivity index (χ0n) is 7.77. The molecule has 1 unspecified atom stereocenters. The third-order valence-electron chi connectivity index (χ3n) is 1.81. The van der Waals surface area contributed by atoms with Gasteiger partial charge in [-0.25, -0.2) is 0 Å². The van der Waals surface area contributed by atoms with Gasteiger partial charge in [-0.3, -0.25) is 0 Å². The number of nitrogens with zero attached hydrogens (tertiary/aromatic N) is 1. The molecule has 0 amide bonds. The van der Waals surface area contributed by atoms with Crippen molar-refractivity contribution < 1.29 is 4.79 Å². The van der Waals surface area contributed by atoms with Gasteiger partial charge in [-0.05, 0) is 25.5 Å². The summed E-state index contributed by atoms with van der Waals surface area (Å²) in [6.07, 6.45) is 1.55. The van der Waals surface area contributed by atoms with Crippen molar-refractivity contribution in [3.05, 3.63) is 22.4 Å². The molecule has 13 heavy (non-hydrogen) atoms. The highest BCUT2D eigenvalue weighted by molar-refractivity contribution is 7.10. The van der Waals surface area contributed by atoms with E-state index in [4.69, 9.17) is 0 Å². The highest BCUT2D eigenvalue weighted by Crippen LogP contribution is 2.24. The molecule has 1 aromatic rings. The smallest absolute Gasteiger partial charge is 0.121 e. The van der Waals surface area contributed by atoms with Gasteiger partial charge in [-0.15, -0.1) is 23.7 Å². The Morgan fingerprint density at radius 2 is 2.31 bits per heavy atom. The Bertz CT molecular complexity index is 236. The predicted octanol–water partition coefficient (Wildman–Crippen LogP) is 2.36. The van der Waals surface area contributed by atoms with Gasteiger partial charge < -0.3 is 9.69 Å². The van der Waals surface area contributed by atoms with Crippen LogP contribution >= 0.6 is 23.7 Å². The van der Waals surface area contributed by atoms with E-state index < -0.39 is 0 Å². The maximum absolute atomic E-state index is 10.4. The van der Waals surface area contributed by atoms with Crippen LogP contribution in [0.15, 0.2) is 17.5 Å². The second-order valence-electron chi connectivity index (χ2n) is 2.90. The highest BCUT2D eigenvalue weighted by atomic mass is 35.5. The fourth-order valence-electron chi connectivity index (χ4n) is 1.15. The van der Waals surface area contributed by atoms with Gasteiger partial charge in [-0.1, -0.05) is 6.07 Å². The molecule has 1 heterocycles. The van der Waals surface area contributed by atoms with Gasteiger partial charge in [0.15, 0.2) is 0 Å². The lowest BCUT2D eigenvalue weighted by Gasteiger charge is -2.20. The molecule has 0 spiro atoms. The Morgan fingerprint density at radius 1 is 1.62 bits per heavy atom. The van der Waals surface area contributed by atoms with Gasteiger partial charge in [0.25, 0.3) is 0 Å². The van der Waals surface area contributed by atoms with Crippen molar-refractivity contribution in [2.24, 2.45) is 0 Å². The molecule has 1 atom stereocenters. The van der Waals surface area contributed by atoms with Crippen molar-refractivity contribution in [1.29, 1.82) is 0 Å². The van der Waals surface area contributed by atoms with Gasteiger partial charge in [0.05, 0.1) is 6.04 Å². The van der Waals surface area contributed by atoms with Crippen molar-refractivity contribution in [3.8, 4) is 0 Å². The fourth-order valence-corrected chi connectivity index (χ4v) is 2.09. The molecular formula is C9H14ClNOS. The summed E-state index contributed by atoms with van der Waals surface area (Å²) >= 11 is 1.70. The van der Waals surface area contributed by atoms with Crippen LogP contribution in [-0.2, 0) is 4.79 Å². The maximum Gasteiger partial charge on any atom is 0.121 e. The van der Waals surface area contributed by atoms with Crippen LogP contribution in [0.5, 0.6) is 0 Å². The topological polar surface area (TPSA) is 20.3 Å². The van der Waals surface area contributed by atoms with Crippen molar-refractivity contribution in [3.63, 3.8) is 0 Å². The van der Waals surface area contributed by atoms with Gasteiger partial charge in [0.2, 0.25) is 0 Å². The second-order valence-corrected chi connectivity index (χ2v) is 3.88. The Kier molecular flexibility index (Phi) is 5.95. The molecule has 74 valence electrons. The maximum atomic E-state index is 10.4. The summed E-state index contributed by atoms with van der Waals surface area (Å²) in [5, 5.41) is 2.04. The summed E-state index contributed by atoms with van der Waals surface area (Å²) in [4.78, 5) is 13.7. The summed E-state index contributed by atoms with van der Waals surface area (Å²) < 4.78 is 0. The van der Waals surface area contributed by atoms with Crippen LogP contribution in [0, 0.1) is 0 Å². The summed E-state index contributed by atoms with van der Waals surface area (Å²) in [6, 6.07) is 4.34. The van der Waals surface area contributed by atoms with E-state index in [1.54, 1.807) is 11.3 Å². The first-order valence-corrected chi connectivity index (χ1v) is 4.77. The Labute approximate surface area is 89.0 Å². The van der Waals surface area contributed by atoms with Crippen molar-refractivity contribution in [1.82, 2.24) is 4.90 Å². The van der Waals surface area contributed by atoms with E-state index in [1.807, 2.05) is 25.5 Å². The number of rotatable bonds is 4. The van der Waals surface area contributed by atoms with E-state index in [1.165, 1.54) is 4.88 Å². The number of carbonyl (C=O) groups excluding carboxylic acids is 1. The largest absolute Gasteiger partial charge is 0.303 e. The van der Waals surface area contributed by atoms with Gasteiger partial charge in [-0.2, -0.15) is 0 Å². The first-order valence-electron chi connectivity index (χ1n) is 3.89. The number of hydrogen-bond donors (Lipinski definition) is 0. The molecule has 0 aliphatic heterocycles. The lowest BCUT2D eigenvalue weighted by atomic mass is 10.2. The molecule has 1 rings (SSSR count). The van der Waals surface area contributed by atoms with Gasteiger partial charge in [0, 0.05) is 11.3 Å². The van der Waals surface area contributed by atoms with Crippen LogP contribution in [0.4, 0.5) is 0 Å². The van der Waals surface area contributed by atoms with Gasteiger partial charge in [0.1, 0.15) is 6.29 Å². The monoisotopic (exact) mass is 219 g/mol. The van der Waals surface area contributed by atoms with E-state index in [9.17, 15) is 4.79 Å². The Hall–Kier alpha value is -0.380. The Morgan fingerprint density at radius 3 is 2.69 bits per heavy atom. The minimum atomic E-state index is 0. The number of halogens is 1. The molecule has 2 nitrogen and oxygen atoms in total. The molecule has 0 aromatic carbocycles. The standard InChI is InChI=1S/C9H13NOS.ClH/c1-10(2)8(5-6-11)9-4-3-7-12-9;/h3-4,6-8H,5H2,1-2H3;1H. The molecule has 0 N–H and O–H groups in total. The van der Waals surface area contributed by atoms with Crippen LogP contribution in [0.3, 0.4) is 0 Å². The summed E-state index contributed by atoms with van der Waals surface area (Å²) in [5.74, 6) is 0. The number of thiophene rings is 1. The third-order valence-corrected chi connectivity index (χ3v) is 2.79. The summed E-state index contributed by atoms with van der Waals surface area (Å²) in [6.45, 7) is 0. The van der Waals surface area contributed by atoms with Crippen molar-refractivity contribution >= 4 is 30.0 Å². The molecular weight excluding hydrogens is 206 g/mol. The SMILES string of the molecule is CN(C)C(CC=O)c1cccs1.Cl. The fraction of sp³-hybridized carbons (Fsp3) is 0.444. The summed E-state index contributed by atoms with van der Waals surface area (Å²) in [7, 11) is 3.99. The molecule has 0 aliphatic rings. The van der Waals surface area contributed by atoms with E-state index in [-0.39, 0.29) is 18.4 Å². The predicted molar refractivity (Wildman–Crippen MR) is 58.7 cm³/mol. The average Bonchev–Trinajstić information content (AvgIpc) is 2.51. The molecule has 0 bridgehead atoms. The van der Waals surface area contributed by atoms with E-state index in [0.717, 1.165) is 6.29 Å². The van der Waals surface area contributed by atoms with Crippen molar-refractivity contribution in [2.75, 3.05) is 14.1 Å². The van der Waals surface area contributed by atoms with Crippen LogP contribution in [0.25, 0.3) is 0 Å². The number of carbonyl (C=O) groups is 1. The minimum Gasteiger partial charge on any atom is -0.303 e. The minimum absolute atomic E-state index is 0. The number of aldehydes is 1. The molecule has 4 heteroatoms. The first kappa shape index (κ1) is 12.6. The lowest BCUT2D eigenvalue weighted by Crippen LogP contribution is -2.19. The average molecular weight is 220 g/mol. The van der Waals surface area contributed by atoms with E-state index in [0.29, 0.717) is 6.42 Å². The zero-order valence-corrected chi connectivity index (χ0v) is 9.40.